The van der Waals surface area contributed by atoms with Gasteiger partial charge in [-0.15, -0.1) is 6.42 Å². The molecule has 0 aliphatic heterocycles. The Hall–Kier alpha value is 0.501. The standard InChI is InChI=1S/C25H39Si.3ClH.Ti/c1-11-12-16-26(10,23-15-13-14-22(23)25(7,8)9)24-20(5)18(3)17(2)19(4)21(24)6;;;;/h14H,11-13,16H2,1-10H3;3*1H;/q-1;;;;+4/p-3. The van der Waals surface area contributed by atoms with Crippen LogP contribution in [0.4, 0.5) is 0 Å². The molecule has 0 heterocycles. The van der Waals surface area contributed by atoms with Crippen LogP contribution in [-0.2, 0) is 21.7 Å². The van der Waals surface area contributed by atoms with Crippen molar-refractivity contribution in [2.45, 2.75) is 94.2 Å². The predicted octanol–water partition coefficient (Wildman–Crippen LogP) is -2.03. The zero-order valence-corrected chi connectivity index (χ0v) is 25.4. The molecule has 5 heteroatoms. The molecule has 0 radical (unpaired) electrons. The first-order valence-electron chi connectivity index (χ1n) is 10.4. The molecule has 0 spiro atoms. The van der Waals surface area contributed by atoms with Gasteiger partial charge in [0.25, 0.3) is 0 Å². The van der Waals surface area contributed by atoms with Crippen LogP contribution in [0.2, 0.25) is 12.6 Å². The largest absolute Gasteiger partial charge is 4.00 e. The third kappa shape index (κ3) is 6.52. The van der Waals surface area contributed by atoms with Crippen LogP contribution in [0.5, 0.6) is 0 Å². The summed E-state index contributed by atoms with van der Waals surface area (Å²) in [5.74, 6) is 0. The van der Waals surface area contributed by atoms with Gasteiger partial charge in [0, 0.05) is 0 Å². The Balaban J connectivity index is -0.00000182. The second-order valence-corrected chi connectivity index (χ2v) is 13.7. The molecule has 2 rings (SSSR count). The molecule has 168 valence electrons. The first-order valence-corrected chi connectivity index (χ1v) is 13.1. The van der Waals surface area contributed by atoms with E-state index in [9.17, 15) is 0 Å². The van der Waals surface area contributed by atoms with Crippen molar-refractivity contribution < 1.29 is 58.9 Å². The number of rotatable bonds is 5. The van der Waals surface area contributed by atoms with Crippen LogP contribution < -0.4 is 42.4 Å². The molecule has 0 fully saturated rings. The third-order valence-electron chi connectivity index (χ3n) is 6.80. The van der Waals surface area contributed by atoms with Crippen LogP contribution >= 0.6 is 0 Å². The predicted molar refractivity (Wildman–Crippen MR) is 120 cm³/mol. The fraction of sp³-hybridized carbons (Fsp3) is 0.600. The summed E-state index contributed by atoms with van der Waals surface area (Å²) in [4.78, 5) is 0. The summed E-state index contributed by atoms with van der Waals surface area (Å²) in [6.45, 7) is 23.7. The van der Waals surface area contributed by atoms with E-state index in [4.69, 9.17) is 0 Å². The number of hydrogen-bond donors (Lipinski definition) is 0. The molecule has 0 bridgehead atoms. The second kappa shape index (κ2) is 13.3. The maximum absolute atomic E-state index is 3.86. The Morgan fingerprint density at radius 1 is 0.867 bits per heavy atom. The molecule has 0 amide bonds. The van der Waals surface area contributed by atoms with Gasteiger partial charge in [-0.1, -0.05) is 63.7 Å². The number of hydrogen-bond acceptors (Lipinski definition) is 0. The average molecular weight is 522 g/mol. The molecular weight excluding hydrogens is 483 g/mol. The summed E-state index contributed by atoms with van der Waals surface area (Å²) >= 11 is 0. The molecule has 1 aliphatic rings. The molecule has 1 aromatic rings. The molecule has 1 unspecified atom stereocenters. The minimum atomic E-state index is -1.82. The monoisotopic (exact) mass is 520 g/mol. The molecule has 0 saturated carbocycles. The van der Waals surface area contributed by atoms with Crippen LogP contribution in [0.25, 0.3) is 0 Å². The van der Waals surface area contributed by atoms with Crippen molar-refractivity contribution in [3.8, 4) is 0 Å². The van der Waals surface area contributed by atoms with Gasteiger partial charge in [0.05, 0.1) is 8.07 Å². The van der Waals surface area contributed by atoms with Gasteiger partial charge in [0.1, 0.15) is 0 Å². The maximum Gasteiger partial charge on any atom is 4.00 e. The van der Waals surface area contributed by atoms with Crippen LogP contribution in [0.15, 0.2) is 16.8 Å². The smallest absolute Gasteiger partial charge is 1.00 e. The summed E-state index contributed by atoms with van der Waals surface area (Å²) in [5, 5.41) is 3.30. The van der Waals surface area contributed by atoms with Gasteiger partial charge in [0.2, 0.25) is 0 Å². The number of halogens is 3. The van der Waals surface area contributed by atoms with E-state index in [0.717, 1.165) is 6.42 Å². The van der Waals surface area contributed by atoms with Gasteiger partial charge in [-0.3, -0.25) is 6.08 Å². The molecule has 1 atom stereocenters. The quantitative estimate of drug-likeness (QED) is 0.310. The fourth-order valence-electron chi connectivity index (χ4n) is 4.86. The van der Waals surface area contributed by atoms with E-state index in [0.29, 0.717) is 0 Å². The van der Waals surface area contributed by atoms with Crippen molar-refractivity contribution >= 4 is 13.3 Å². The van der Waals surface area contributed by atoms with Gasteiger partial charge in [-0.25, -0.2) is 5.20 Å². The Kier molecular flexibility index (Phi) is 15.5. The van der Waals surface area contributed by atoms with Crippen molar-refractivity contribution in [2.75, 3.05) is 0 Å². The molecule has 0 N–H and O–H groups in total. The fourth-order valence-corrected chi connectivity index (χ4v) is 10.3. The van der Waals surface area contributed by atoms with Crippen molar-refractivity contribution in [1.29, 1.82) is 0 Å². The number of allylic oxidation sites excluding steroid dienone is 4. The van der Waals surface area contributed by atoms with E-state index >= 15 is 0 Å². The normalized spacial score (nSPS) is 14.9. The summed E-state index contributed by atoms with van der Waals surface area (Å²) < 4.78 is 0. The summed E-state index contributed by atoms with van der Waals surface area (Å²) in [5.41, 5.74) is 9.34. The van der Waals surface area contributed by atoms with Gasteiger partial charge in [0.15, 0.2) is 0 Å². The van der Waals surface area contributed by atoms with Gasteiger partial charge >= 0.3 is 21.7 Å². The summed E-state index contributed by atoms with van der Waals surface area (Å²) in [7, 11) is -1.82. The molecular formula is C25H39Cl3SiTi. The molecule has 0 aromatic heterocycles. The number of unbranched alkanes of at least 4 members (excludes halogenated alkanes) is 1. The summed E-state index contributed by atoms with van der Waals surface area (Å²) in [6, 6.07) is 1.34. The van der Waals surface area contributed by atoms with Crippen LogP contribution in [-0.4, -0.2) is 8.07 Å². The van der Waals surface area contributed by atoms with E-state index < -0.39 is 8.07 Å². The Bertz CT molecular complexity index is 747. The summed E-state index contributed by atoms with van der Waals surface area (Å²) in [6.07, 6.45) is 9.89. The minimum absolute atomic E-state index is 0. The van der Waals surface area contributed by atoms with Crippen molar-refractivity contribution in [2.24, 2.45) is 5.41 Å². The molecule has 0 saturated heterocycles. The van der Waals surface area contributed by atoms with Crippen molar-refractivity contribution in [1.82, 2.24) is 0 Å². The molecule has 30 heavy (non-hydrogen) atoms. The Labute approximate surface area is 221 Å². The first kappa shape index (κ1) is 35.1. The van der Waals surface area contributed by atoms with Crippen molar-refractivity contribution in [3.05, 3.63) is 50.7 Å². The number of benzene rings is 1. The molecule has 1 aromatic carbocycles. The van der Waals surface area contributed by atoms with E-state index in [1.165, 1.54) is 35.6 Å². The third-order valence-corrected chi connectivity index (χ3v) is 11.6. The van der Waals surface area contributed by atoms with Gasteiger partial charge < -0.3 is 37.2 Å². The topological polar surface area (TPSA) is 0 Å². The Morgan fingerprint density at radius 2 is 1.30 bits per heavy atom. The van der Waals surface area contributed by atoms with Crippen LogP contribution in [0.1, 0.15) is 74.8 Å². The van der Waals surface area contributed by atoms with E-state index in [-0.39, 0.29) is 64.4 Å². The van der Waals surface area contributed by atoms with Crippen LogP contribution in [0.3, 0.4) is 0 Å². The minimum Gasteiger partial charge on any atom is -1.00 e. The average Bonchev–Trinajstić information content (AvgIpc) is 3.07. The van der Waals surface area contributed by atoms with Gasteiger partial charge in [-0.05, 0) is 62.4 Å². The van der Waals surface area contributed by atoms with Gasteiger partial charge in [-0.2, -0.15) is 11.6 Å². The first-order chi connectivity index (χ1) is 12.0. The van der Waals surface area contributed by atoms with Crippen LogP contribution in [0, 0.1) is 46.1 Å². The molecule has 0 nitrogen and oxygen atoms in total. The zero-order chi connectivity index (χ0) is 19.9. The maximum atomic E-state index is 3.86. The van der Waals surface area contributed by atoms with E-state index in [2.05, 4.69) is 81.0 Å². The van der Waals surface area contributed by atoms with Crippen molar-refractivity contribution in [3.63, 3.8) is 0 Å². The Morgan fingerprint density at radius 3 is 1.70 bits per heavy atom. The van der Waals surface area contributed by atoms with E-state index in [1.54, 1.807) is 27.1 Å². The SMILES string of the molecule is CCCC[Si](C)(C1=[C-]CC=C1C(C)(C)C)c1c(C)c(C)c(C)c(C)c1C.[Cl-].[Cl-].[Cl-].[Ti+4]. The van der Waals surface area contributed by atoms with E-state index in [1.807, 2.05) is 0 Å². The molecule has 1 aliphatic carbocycles. The second-order valence-electron chi connectivity index (χ2n) is 9.56. The zero-order valence-electron chi connectivity index (χ0n) is 20.5.